The summed E-state index contributed by atoms with van der Waals surface area (Å²) in [6.45, 7) is 7.83. The van der Waals surface area contributed by atoms with Gasteiger partial charge >= 0.3 is 0 Å². The predicted molar refractivity (Wildman–Crippen MR) is 83.1 cm³/mol. The summed E-state index contributed by atoms with van der Waals surface area (Å²) in [6.07, 6.45) is 5.03. The number of morpholine rings is 1. The van der Waals surface area contributed by atoms with Gasteiger partial charge in [-0.1, -0.05) is 19.9 Å². The van der Waals surface area contributed by atoms with Crippen LogP contribution in [-0.4, -0.2) is 41.1 Å². The van der Waals surface area contributed by atoms with Crippen molar-refractivity contribution in [3.8, 4) is 5.82 Å². The Labute approximate surface area is 125 Å². The van der Waals surface area contributed by atoms with Crippen molar-refractivity contribution in [2.24, 2.45) is 0 Å². The summed E-state index contributed by atoms with van der Waals surface area (Å²) < 4.78 is 7.35. The summed E-state index contributed by atoms with van der Waals surface area (Å²) in [5.74, 6) is 2.43. The van der Waals surface area contributed by atoms with Gasteiger partial charge in [0.05, 0.1) is 13.2 Å². The van der Waals surface area contributed by atoms with Crippen molar-refractivity contribution < 1.29 is 4.74 Å². The second-order valence-corrected chi connectivity index (χ2v) is 5.45. The quantitative estimate of drug-likeness (QED) is 0.866. The van der Waals surface area contributed by atoms with E-state index < -0.39 is 0 Å². The average Bonchev–Trinajstić information content (AvgIpc) is 3.01. The van der Waals surface area contributed by atoms with Gasteiger partial charge in [-0.2, -0.15) is 0 Å². The minimum Gasteiger partial charge on any atom is -0.378 e. The Hall–Kier alpha value is -1.88. The Kier molecular flexibility index (Phi) is 4.20. The third-order valence-corrected chi connectivity index (χ3v) is 4.06. The molecule has 3 rings (SSSR count). The molecule has 0 amide bonds. The van der Waals surface area contributed by atoms with Gasteiger partial charge in [0.1, 0.15) is 0 Å². The molecular formula is C16H22N4O. The Morgan fingerprint density at radius 2 is 2.10 bits per heavy atom. The lowest BCUT2D eigenvalue weighted by Gasteiger charge is -2.28. The molecule has 0 saturated carbocycles. The van der Waals surface area contributed by atoms with Crippen LogP contribution >= 0.6 is 0 Å². The molecule has 3 heterocycles. The molecule has 0 radical (unpaired) electrons. The van der Waals surface area contributed by atoms with E-state index >= 15 is 0 Å². The van der Waals surface area contributed by atoms with Crippen LogP contribution in [0.25, 0.3) is 5.82 Å². The summed E-state index contributed by atoms with van der Waals surface area (Å²) in [5.41, 5.74) is 1.30. The number of nitrogens with zero attached hydrogens (tertiary/aromatic N) is 4. The van der Waals surface area contributed by atoms with Gasteiger partial charge in [-0.05, 0) is 24.5 Å². The smallest absolute Gasteiger partial charge is 0.154 e. The van der Waals surface area contributed by atoms with E-state index in [-0.39, 0.29) is 0 Å². The first-order chi connectivity index (χ1) is 10.3. The van der Waals surface area contributed by atoms with Crippen molar-refractivity contribution in [3.63, 3.8) is 0 Å². The molecule has 1 aliphatic rings. The van der Waals surface area contributed by atoms with Gasteiger partial charge in [0.25, 0.3) is 0 Å². The maximum Gasteiger partial charge on any atom is 0.154 e. The number of hydrogen-bond acceptors (Lipinski definition) is 4. The van der Waals surface area contributed by atoms with E-state index in [1.54, 1.807) is 6.20 Å². The summed E-state index contributed by atoms with van der Waals surface area (Å²) >= 11 is 0. The summed E-state index contributed by atoms with van der Waals surface area (Å²) in [4.78, 5) is 6.71. The zero-order valence-electron chi connectivity index (χ0n) is 12.7. The zero-order valence-corrected chi connectivity index (χ0v) is 12.7. The molecule has 5 heteroatoms. The lowest BCUT2D eigenvalue weighted by molar-refractivity contribution is 0.122. The van der Waals surface area contributed by atoms with Gasteiger partial charge in [-0.3, -0.25) is 0 Å². The summed E-state index contributed by atoms with van der Waals surface area (Å²) in [7, 11) is 0. The number of pyridine rings is 1. The van der Waals surface area contributed by atoms with Crippen LogP contribution in [0.5, 0.6) is 0 Å². The van der Waals surface area contributed by atoms with Gasteiger partial charge in [0.15, 0.2) is 11.6 Å². The third kappa shape index (κ3) is 2.93. The first kappa shape index (κ1) is 14.1. The van der Waals surface area contributed by atoms with Crippen molar-refractivity contribution in [2.45, 2.75) is 26.2 Å². The van der Waals surface area contributed by atoms with E-state index in [1.165, 1.54) is 5.56 Å². The highest BCUT2D eigenvalue weighted by Gasteiger charge is 2.22. The van der Waals surface area contributed by atoms with E-state index in [0.717, 1.165) is 44.4 Å². The van der Waals surface area contributed by atoms with Crippen molar-refractivity contribution in [1.82, 2.24) is 14.8 Å². The van der Waals surface area contributed by atoms with Gasteiger partial charge in [0, 0.05) is 31.0 Å². The standard InChI is InChI=1S/C16H22N4O/c1-3-13(2)14-12-20(15-6-4-5-7-17-15)18-16(14)19-8-10-21-11-9-19/h4-7,12-13H,3,8-11H2,1-2H3. The van der Waals surface area contributed by atoms with E-state index in [9.17, 15) is 0 Å². The maximum absolute atomic E-state index is 5.45. The van der Waals surface area contributed by atoms with E-state index in [4.69, 9.17) is 9.84 Å². The molecule has 2 aromatic rings. The summed E-state index contributed by atoms with van der Waals surface area (Å²) in [5, 5.41) is 4.80. The number of hydrogen-bond donors (Lipinski definition) is 0. The number of ether oxygens (including phenoxy) is 1. The molecule has 2 aromatic heterocycles. The molecule has 5 nitrogen and oxygen atoms in total. The maximum atomic E-state index is 5.45. The highest BCUT2D eigenvalue weighted by molar-refractivity contribution is 5.49. The number of rotatable bonds is 4. The molecule has 1 fully saturated rings. The average molecular weight is 286 g/mol. The molecule has 1 aliphatic heterocycles. The lowest BCUT2D eigenvalue weighted by atomic mass is 10.0. The van der Waals surface area contributed by atoms with Crippen LogP contribution in [0.3, 0.4) is 0 Å². The van der Waals surface area contributed by atoms with Gasteiger partial charge in [-0.25, -0.2) is 9.67 Å². The third-order valence-electron chi connectivity index (χ3n) is 4.06. The topological polar surface area (TPSA) is 43.2 Å². The van der Waals surface area contributed by atoms with Crippen molar-refractivity contribution in [1.29, 1.82) is 0 Å². The Balaban J connectivity index is 1.98. The molecule has 0 aromatic carbocycles. The minimum absolute atomic E-state index is 0.486. The van der Waals surface area contributed by atoms with Crippen LogP contribution in [0, 0.1) is 0 Å². The molecule has 21 heavy (non-hydrogen) atoms. The fourth-order valence-corrected chi connectivity index (χ4v) is 2.57. The van der Waals surface area contributed by atoms with Gasteiger partial charge in [-0.15, -0.1) is 5.10 Å². The molecule has 0 aliphatic carbocycles. The number of anilines is 1. The van der Waals surface area contributed by atoms with Crippen molar-refractivity contribution >= 4 is 5.82 Å². The number of aromatic nitrogens is 3. The minimum atomic E-state index is 0.486. The second-order valence-electron chi connectivity index (χ2n) is 5.45. The van der Waals surface area contributed by atoms with Crippen LogP contribution in [-0.2, 0) is 4.74 Å². The first-order valence-corrected chi connectivity index (χ1v) is 7.63. The predicted octanol–water partition coefficient (Wildman–Crippen LogP) is 2.62. The van der Waals surface area contributed by atoms with E-state index in [2.05, 4.69) is 29.9 Å². The van der Waals surface area contributed by atoms with Crippen LogP contribution < -0.4 is 4.90 Å². The second kappa shape index (κ2) is 6.26. The highest BCUT2D eigenvalue weighted by Crippen LogP contribution is 2.29. The molecule has 0 bridgehead atoms. The SMILES string of the molecule is CCC(C)c1cn(-c2ccccn2)nc1N1CCOCC1. The monoisotopic (exact) mass is 286 g/mol. The highest BCUT2D eigenvalue weighted by atomic mass is 16.5. The molecule has 112 valence electrons. The van der Waals surface area contributed by atoms with Crippen LogP contribution in [0.15, 0.2) is 30.6 Å². The molecule has 1 atom stereocenters. The Morgan fingerprint density at radius 1 is 1.29 bits per heavy atom. The Bertz CT molecular complexity index is 575. The lowest BCUT2D eigenvalue weighted by Crippen LogP contribution is -2.37. The Morgan fingerprint density at radius 3 is 2.76 bits per heavy atom. The largest absolute Gasteiger partial charge is 0.378 e. The van der Waals surface area contributed by atoms with Crippen LogP contribution in [0.1, 0.15) is 31.7 Å². The van der Waals surface area contributed by atoms with Crippen LogP contribution in [0.2, 0.25) is 0 Å². The summed E-state index contributed by atoms with van der Waals surface area (Å²) in [6, 6.07) is 5.89. The molecule has 1 unspecified atom stereocenters. The first-order valence-electron chi connectivity index (χ1n) is 7.63. The fourth-order valence-electron chi connectivity index (χ4n) is 2.57. The van der Waals surface area contributed by atoms with Crippen molar-refractivity contribution in [2.75, 3.05) is 31.2 Å². The van der Waals surface area contributed by atoms with E-state index in [1.807, 2.05) is 22.9 Å². The fraction of sp³-hybridized carbons (Fsp3) is 0.500. The normalized spacial score (nSPS) is 17.0. The van der Waals surface area contributed by atoms with Gasteiger partial charge in [0.2, 0.25) is 0 Å². The van der Waals surface area contributed by atoms with E-state index in [0.29, 0.717) is 5.92 Å². The molecular weight excluding hydrogens is 264 g/mol. The van der Waals surface area contributed by atoms with Gasteiger partial charge < -0.3 is 9.64 Å². The molecule has 0 spiro atoms. The molecule has 1 saturated heterocycles. The van der Waals surface area contributed by atoms with Crippen molar-refractivity contribution in [3.05, 3.63) is 36.2 Å². The zero-order chi connectivity index (χ0) is 14.7. The molecule has 0 N–H and O–H groups in total. The van der Waals surface area contributed by atoms with Crippen LogP contribution in [0.4, 0.5) is 5.82 Å².